The number of benzene rings is 2. The van der Waals surface area contributed by atoms with E-state index in [9.17, 15) is 14.7 Å². The highest BCUT2D eigenvalue weighted by atomic mass is 16.5. The minimum Gasteiger partial charge on any atom is -0.496 e. The lowest BCUT2D eigenvalue weighted by molar-refractivity contribution is -0.159. The molecule has 7 rings (SSSR count). The van der Waals surface area contributed by atoms with E-state index in [4.69, 9.17) is 20.3 Å². The number of nitrogens with zero attached hydrogens (tertiary/aromatic N) is 2. The molecule has 4 N–H and O–H groups in total. The number of nitrogen functional groups attached to an aromatic ring is 1. The predicted octanol–water partition coefficient (Wildman–Crippen LogP) is 4.46. The summed E-state index contributed by atoms with van der Waals surface area (Å²) in [5.41, 5.74) is 9.00. The fourth-order valence-corrected chi connectivity index (χ4v) is 7.82. The number of nitrogens with one attached hydrogen (secondary N) is 1. The minimum atomic E-state index is -0.818. The van der Waals surface area contributed by atoms with Crippen LogP contribution in [0.1, 0.15) is 48.2 Å². The number of carbonyl (C=O) groups is 2. The first-order chi connectivity index (χ1) is 18.7. The molecule has 1 amide bonds. The van der Waals surface area contributed by atoms with Crippen LogP contribution in [0, 0.1) is 30.6 Å². The summed E-state index contributed by atoms with van der Waals surface area (Å²) in [4.78, 5) is 26.3. The molecule has 3 aromatic rings. The number of rotatable bonds is 7. The highest BCUT2D eigenvalue weighted by Gasteiger charge is 2.60. The summed E-state index contributed by atoms with van der Waals surface area (Å²) in [5, 5.41) is 18.2. The smallest absolute Gasteiger partial charge is 0.309 e. The second-order valence-corrected chi connectivity index (χ2v) is 11.4. The molecule has 39 heavy (non-hydrogen) atoms. The van der Waals surface area contributed by atoms with E-state index in [2.05, 4.69) is 5.32 Å². The Morgan fingerprint density at radius 1 is 1.05 bits per heavy atom. The third-order valence-corrected chi connectivity index (χ3v) is 9.01. The molecule has 1 heterocycles. The Kier molecular flexibility index (Phi) is 6.04. The van der Waals surface area contributed by atoms with Crippen molar-refractivity contribution in [1.82, 2.24) is 15.1 Å². The van der Waals surface area contributed by atoms with Crippen molar-refractivity contribution in [1.29, 1.82) is 0 Å². The van der Waals surface area contributed by atoms with Gasteiger partial charge in [-0.15, -0.1) is 0 Å². The Labute approximate surface area is 227 Å². The first-order valence-corrected chi connectivity index (χ1v) is 13.5. The highest BCUT2D eigenvalue weighted by Crippen LogP contribution is 2.58. The first-order valence-electron chi connectivity index (χ1n) is 13.5. The van der Waals surface area contributed by atoms with Gasteiger partial charge in [-0.25, -0.2) is 4.68 Å². The van der Waals surface area contributed by atoms with Crippen molar-refractivity contribution in [2.24, 2.45) is 23.7 Å². The molecule has 4 bridgehead atoms. The number of amides is 1. The van der Waals surface area contributed by atoms with Crippen LogP contribution in [0.4, 0.5) is 5.69 Å². The molecule has 0 aliphatic heterocycles. The van der Waals surface area contributed by atoms with Crippen LogP contribution in [0.15, 0.2) is 42.5 Å². The van der Waals surface area contributed by atoms with Gasteiger partial charge in [-0.05, 0) is 98.7 Å². The summed E-state index contributed by atoms with van der Waals surface area (Å²) in [6.45, 7) is 1.93. The molecule has 4 aliphatic rings. The Bertz CT molecular complexity index is 1430. The van der Waals surface area contributed by atoms with Crippen LogP contribution in [-0.2, 0) is 4.79 Å². The molecular weight excluding hydrogens is 496 g/mol. The second kappa shape index (κ2) is 9.32. The Morgan fingerprint density at radius 3 is 2.31 bits per heavy atom. The molecule has 0 radical (unpaired) electrons. The molecule has 4 fully saturated rings. The van der Waals surface area contributed by atoms with E-state index in [1.807, 2.05) is 37.3 Å². The van der Waals surface area contributed by atoms with Crippen LogP contribution in [0.3, 0.4) is 0 Å². The van der Waals surface area contributed by atoms with Crippen molar-refractivity contribution in [2.45, 2.75) is 44.6 Å². The molecule has 204 valence electrons. The molecule has 0 saturated heterocycles. The second-order valence-electron chi connectivity index (χ2n) is 11.4. The number of aromatic nitrogens is 2. The van der Waals surface area contributed by atoms with Crippen LogP contribution < -0.4 is 20.5 Å². The van der Waals surface area contributed by atoms with E-state index in [-0.39, 0.29) is 17.5 Å². The van der Waals surface area contributed by atoms with E-state index in [0.717, 1.165) is 30.5 Å². The molecule has 2 aromatic carbocycles. The number of ether oxygens (including phenoxy) is 2. The van der Waals surface area contributed by atoms with E-state index in [1.165, 1.54) is 0 Å². The average Bonchev–Trinajstić information content (AvgIpc) is 3.32. The zero-order valence-electron chi connectivity index (χ0n) is 22.4. The van der Waals surface area contributed by atoms with Crippen LogP contribution in [0.5, 0.6) is 11.5 Å². The number of aliphatic carboxylic acids is 1. The maximum atomic E-state index is 13.9. The van der Waals surface area contributed by atoms with Gasteiger partial charge in [0.1, 0.15) is 11.5 Å². The van der Waals surface area contributed by atoms with Crippen LogP contribution in [0.2, 0.25) is 0 Å². The number of methoxy groups -OCH3 is 2. The fourth-order valence-electron chi connectivity index (χ4n) is 7.82. The summed E-state index contributed by atoms with van der Waals surface area (Å²) in [6.07, 6.45) is 4.41. The topological polar surface area (TPSA) is 129 Å². The van der Waals surface area contributed by atoms with E-state index in [1.54, 1.807) is 31.0 Å². The summed E-state index contributed by atoms with van der Waals surface area (Å²) < 4.78 is 13.1. The fraction of sp³-hybridized carbons (Fsp3) is 0.433. The van der Waals surface area contributed by atoms with Crippen molar-refractivity contribution in [3.05, 3.63) is 53.7 Å². The van der Waals surface area contributed by atoms with Gasteiger partial charge in [0.25, 0.3) is 5.91 Å². The zero-order valence-corrected chi connectivity index (χ0v) is 22.4. The van der Waals surface area contributed by atoms with Crippen molar-refractivity contribution in [3.63, 3.8) is 0 Å². The van der Waals surface area contributed by atoms with Crippen molar-refractivity contribution in [3.8, 4) is 28.4 Å². The molecule has 4 saturated carbocycles. The highest BCUT2D eigenvalue weighted by molar-refractivity contribution is 5.95. The third-order valence-electron chi connectivity index (χ3n) is 9.01. The Hall–Kier alpha value is -4.01. The summed E-state index contributed by atoms with van der Waals surface area (Å²) in [7, 11) is 3.17. The number of nitrogens with two attached hydrogens (primary N) is 1. The quantitative estimate of drug-likeness (QED) is 0.385. The molecular formula is C30H34N4O5. The number of anilines is 1. The maximum absolute atomic E-state index is 13.9. The molecule has 0 spiro atoms. The zero-order chi connectivity index (χ0) is 27.5. The van der Waals surface area contributed by atoms with E-state index < -0.39 is 17.4 Å². The van der Waals surface area contributed by atoms with E-state index >= 15 is 0 Å². The largest absolute Gasteiger partial charge is 0.496 e. The van der Waals surface area contributed by atoms with Gasteiger partial charge in [0.05, 0.1) is 42.6 Å². The number of hydrogen-bond acceptors (Lipinski definition) is 6. The number of carbonyl (C=O) groups excluding carboxylic acids is 1. The lowest BCUT2D eigenvalue weighted by Crippen LogP contribution is -2.67. The lowest BCUT2D eigenvalue weighted by atomic mass is 9.48. The Morgan fingerprint density at radius 2 is 1.72 bits per heavy atom. The van der Waals surface area contributed by atoms with Crippen LogP contribution in [0.25, 0.3) is 16.9 Å². The van der Waals surface area contributed by atoms with E-state index in [0.29, 0.717) is 53.1 Å². The van der Waals surface area contributed by atoms with Crippen LogP contribution >= 0.6 is 0 Å². The number of hydrogen-bond donors (Lipinski definition) is 3. The molecule has 3 atom stereocenters. The van der Waals surface area contributed by atoms with Gasteiger partial charge in [0, 0.05) is 5.69 Å². The van der Waals surface area contributed by atoms with Gasteiger partial charge < -0.3 is 25.6 Å². The summed E-state index contributed by atoms with van der Waals surface area (Å²) in [5.74, 6) is 0.405. The Balaban J connectivity index is 1.46. The molecule has 3 unspecified atom stereocenters. The van der Waals surface area contributed by atoms with Gasteiger partial charge in [0.15, 0.2) is 5.69 Å². The van der Waals surface area contributed by atoms with Crippen molar-refractivity contribution in [2.75, 3.05) is 20.0 Å². The van der Waals surface area contributed by atoms with Gasteiger partial charge in [-0.3, -0.25) is 9.59 Å². The molecule has 1 aromatic heterocycles. The van der Waals surface area contributed by atoms with Gasteiger partial charge in [-0.2, -0.15) is 5.10 Å². The normalized spacial score (nSPS) is 26.8. The third kappa shape index (κ3) is 4.11. The van der Waals surface area contributed by atoms with Crippen LogP contribution in [-0.4, -0.2) is 46.5 Å². The SMILES string of the molecule is COc1cccc(OC)c1-c1cc(C(=O)NC23CC4CC(CC(C4)C2C(=O)O)C3)nn1-c1ccc(N)cc1C. The number of carboxylic acid groups (broad SMARTS) is 1. The first kappa shape index (κ1) is 25.3. The monoisotopic (exact) mass is 530 g/mol. The molecule has 9 heteroatoms. The van der Waals surface area contributed by atoms with Gasteiger partial charge >= 0.3 is 5.97 Å². The molecule has 4 aliphatic carbocycles. The summed E-state index contributed by atoms with van der Waals surface area (Å²) in [6, 6.07) is 12.7. The maximum Gasteiger partial charge on any atom is 0.309 e. The van der Waals surface area contributed by atoms with Gasteiger partial charge in [0.2, 0.25) is 0 Å². The van der Waals surface area contributed by atoms with Gasteiger partial charge in [-0.1, -0.05) is 6.07 Å². The predicted molar refractivity (Wildman–Crippen MR) is 146 cm³/mol. The average molecular weight is 531 g/mol. The van der Waals surface area contributed by atoms with Crippen molar-refractivity contribution < 1.29 is 24.2 Å². The minimum absolute atomic E-state index is 0.109. The standard InChI is InChI=1S/C30H34N4O5/c1-16-9-20(31)7-8-22(16)34-23(26-24(38-2)5-4-6-25(26)39-3)13-21(33-34)28(35)32-30-14-17-10-18(15-30)12-19(11-17)27(30)29(36)37/h4-9,13,17-19,27H,10-12,14-15,31H2,1-3H3,(H,32,35)(H,36,37). The number of aryl methyl sites for hydroxylation is 1. The molecule has 9 nitrogen and oxygen atoms in total. The number of carboxylic acids is 1. The lowest BCUT2D eigenvalue weighted by Gasteiger charge is -2.59. The van der Waals surface area contributed by atoms with Crippen molar-refractivity contribution >= 4 is 17.6 Å². The summed E-state index contributed by atoms with van der Waals surface area (Å²) >= 11 is 0.